The molecule has 1 amide bonds. The van der Waals surface area contributed by atoms with E-state index in [4.69, 9.17) is 0 Å². The van der Waals surface area contributed by atoms with Gasteiger partial charge in [-0.3, -0.25) is 14.5 Å². The predicted octanol–water partition coefficient (Wildman–Crippen LogP) is 3.13. The lowest BCUT2D eigenvalue weighted by atomic mass is 10.1. The molecule has 2 aromatic rings. The quantitative estimate of drug-likeness (QED) is 0.238. The van der Waals surface area contributed by atoms with Gasteiger partial charge < -0.3 is 15.5 Å². The van der Waals surface area contributed by atoms with Gasteiger partial charge in [0, 0.05) is 45.5 Å². The van der Waals surface area contributed by atoms with Crippen molar-refractivity contribution in [2.75, 3.05) is 26.7 Å². The Kier molecular flexibility index (Phi) is 10.8. The van der Waals surface area contributed by atoms with Crippen LogP contribution < -0.4 is 10.6 Å². The van der Waals surface area contributed by atoms with Crippen LogP contribution in [-0.2, 0) is 13.6 Å². The fourth-order valence-electron chi connectivity index (χ4n) is 3.03. The second-order valence-electron chi connectivity index (χ2n) is 7.20. The second-order valence-corrected chi connectivity index (χ2v) is 7.20. The molecule has 1 aromatic carbocycles. The first-order valence-corrected chi connectivity index (χ1v) is 9.88. The van der Waals surface area contributed by atoms with Crippen LogP contribution in [0.4, 0.5) is 4.39 Å². The summed E-state index contributed by atoms with van der Waals surface area (Å²) in [6, 6.07) is 5.93. The van der Waals surface area contributed by atoms with E-state index >= 15 is 0 Å². The Morgan fingerprint density at radius 3 is 2.63 bits per heavy atom. The van der Waals surface area contributed by atoms with Gasteiger partial charge in [-0.25, -0.2) is 4.39 Å². The summed E-state index contributed by atoms with van der Waals surface area (Å²) in [4.78, 5) is 18.7. The summed E-state index contributed by atoms with van der Waals surface area (Å²) < 4.78 is 15.5. The lowest BCUT2D eigenvalue weighted by Gasteiger charge is -2.22. The molecule has 9 heteroatoms. The largest absolute Gasteiger partial charge is 0.357 e. The first-order chi connectivity index (χ1) is 13.8. The van der Waals surface area contributed by atoms with Gasteiger partial charge in [-0.2, -0.15) is 5.10 Å². The molecule has 0 spiro atoms. The number of rotatable bonds is 8. The van der Waals surface area contributed by atoms with Crippen molar-refractivity contribution in [3.63, 3.8) is 0 Å². The number of amides is 1. The van der Waals surface area contributed by atoms with Crippen molar-refractivity contribution in [2.24, 2.45) is 12.0 Å². The van der Waals surface area contributed by atoms with Gasteiger partial charge in [0.1, 0.15) is 5.82 Å². The highest BCUT2D eigenvalue weighted by Crippen LogP contribution is 2.18. The van der Waals surface area contributed by atoms with Crippen molar-refractivity contribution in [2.45, 2.75) is 33.2 Å². The van der Waals surface area contributed by atoms with Crippen LogP contribution in [0.3, 0.4) is 0 Å². The minimum Gasteiger partial charge on any atom is -0.357 e. The minimum atomic E-state index is -0.529. The highest BCUT2D eigenvalue weighted by molar-refractivity contribution is 14.0. The topological polar surface area (TPSA) is 74.6 Å². The zero-order valence-electron chi connectivity index (χ0n) is 18.3. The van der Waals surface area contributed by atoms with E-state index in [0.717, 1.165) is 23.8 Å². The van der Waals surface area contributed by atoms with Gasteiger partial charge in [-0.05, 0) is 25.0 Å². The van der Waals surface area contributed by atoms with Crippen LogP contribution in [0.1, 0.15) is 48.3 Å². The molecule has 1 aromatic heterocycles. The summed E-state index contributed by atoms with van der Waals surface area (Å²) in [6.45, 7) is 8.38. The number of hydrogen-bond acceptors (Lipinski definition) is 3. The fraction of sp³-hybridized carbons (Fsp3) is 0.476. The minimum absolute atomic E-state index is 0. The number of aromatic nitrogens is 2. The lowest BCUT2D eigenvalue weighted by molar-refractivity contribution is 0.0950. The maximum Gasteiger partial charge on any atom is 0.254 e. The van der Waals surface area contributed by atoms with Crippen molar-refractivity contribution in [1.29, 1.82) is 0 Å². The fourth-order valence-corrected chi connectivity index (χ4v) is 3.03. The zero-order chi connectivity index (χ0) is 21.4. The van der Waals surface area contributed by atoms with Crippen molar-refractivity contribution >= 4 is 35.8 Å². The number of hydrogen-bond donors (Lipinski definition) is 2. The van der Waals surface area contributed by atoms with E-state index in [1.165, 1.54) is 12.1 Å². The van der Waals surface area contributed by atoms with E-state index in [1.54, 1.807) is 12.1 Å². The van der Waals surface area contributed by atoms with Crippen LogP contribution in [-0.4, -0.2) is 53.2 Å². The van der Waals surface area contributed by atoms with Gasteiger partial charge in [0.25, 0.3) is 5.91 Å². The van der Waals surface area contributed by atoms with Gasteiger partial charge >= 0.3 is 0 Å². The van der Waals surface area contributed by atoms with Crippen LogP contribution in [0.25, 0.3) is 0 Å². The second kappa shape index (κ2) is 12.5. The smallest absolute Gasteiger partial charge is 0.254 e. The Hall–Kier alpha value is -2.17. The number of guanidine groups is 1. The van der Waals surface area contributed by atoms with Crippen molar-refractivity contribution < 1.29 is 9.18 Å². The van der Waals surface area contributed by atoms with E-state index in [0.29, 0.717) is 25.6 Å². The molecule has 0 aliphatic heterocycles. The normalized spacial score (nSPS) is 11.2. The maximum atomic E-state index is 13.7. The molecule has 7 nitrogen and oxygen atoms in total. The molecule has 0 saturated heterocycles. The Morgan fingerprint density at radius 1 is 1.30 bits per heavy atom. The highest BCUT2D eigenvalue weighted by atomic mass is 127. The molecule has 0 bridgehead atoms. The summed E-state index contributed by atoms with van der Waals surface area (Å²) in [5.41, 5.74) is 2.27. The first kappa shape index (κ1) is 25.9. The van der Waals surface area contributed by atoms with E-state index in [-0.39, 0.29) is 29.5 Å². The highest BCUT2D eigenvalue weighted by Gasteiger charge is 2.15. The van der Waals surface area contributed by atoms with Gasteiger partial charge in [0.15, 0.2) is 5.96 Å². The number of aliphatic imine (C=N–C) groups is 1. The number of halogens is 2. The third-order valence-electron chi connectivity index (χ3n) is 4.37. The third-order valence-corrected chi connectivity index (χ3v) is 4.37. The number of carbonyl (C=O) groups excluding carboxylic acids is 1. The predicted molar refractivity (Wildman–Crippen MR) is 129 cm³/mol. The molecule has 0 unspecified atom stereocenters. The standard InChI is InChI=1S/C21H31FN6O.HI/c1-6-23-21(27(4)13-16-14-28(5)26-19(16)15(2)3)25-12-11-24-20(29)17-9-7-8-10-18(17)22;/h7-10,14-15H,6,11-13H2,1-5H3,(H,23,25)(H,24,29);1H. The Bertz CT molecular complexity index is 852. The van der Waals surface area contributed by atoms with Gasteiger partial charge in [0.2, 0.25) is 0 Å². The van der Waals surface area contributed by atoms with Crippen molar-refractivity contribution in [1.82, 2.24) is 25.3 Å². The number of carbonyl (C=O) groups is 1. The number of nitrogens with zero attached hydrogens (tertiary/aromatic N) is 4. The van der Waals surface area contributed by atoms with E-state index in [9.17, 15) is 9.18 Å². The first-order valence-electron chi connectivity index (χ1n) is 9.88. The number of aryl methyl sites for hydroxylation is 1. The Balaban J connectivity index is 0.00000450. The third kappa shape index (κ3) is 7.26. The average molecular weight is 530 g/mol. The molecule has 0 fully saturated rings. The summed E-state index contributed by atoms with van der Waals surface area (Å²) in [5.74, 6) is 0.117. The van der Waals surface area contributed by atoms with E-state index in [1.807, 2.05) is 36.8 Å². The maximum absolute atomic E-state index is 13.7. The molecule has 0 aliphatic carbocycles. The molecule has 1 heterocycles. The van der Waals surface area contributed by atoms with Gasteiger partial charge in [-0.15, -0.1) is 24.0 Å². The van der Waals surface area contributed by atoms with Crippen LogP contribution in [0.15, 0.2) is 35.5 Å². The van der Waals surface area contributed by atoms with Crippen LogP contribution >= 0.6 is 24.0 Å². The molecule has 0 saturated carbocycles. The SMILES string of the molecule is CCNC(=NCCNC(=O)c1ccccc1F)N(C)Cc1cn(C)nc1C(C)C.I. The Morgan fingerprint density at radius 2 is 2.00 bits per heavy atom. The monoisotopic (exact) mass is 530 g/mol. The molecule has 0 radical (unpaired) electrons. The van der Waals surface area contributed by atoms with Gasteiger partial charge in [0.05, 0.1) is 17.8 Å². The summed E-state index contributed by atoms with van der Waals surface area (Å²) in [7, 11) is 3.89. The van der Waals surface area contributed by atoms with Crippen LogP contribution in [0.5, 0.6) is 0 Å². The lowest BCUT2D eigenvalue weighted by Crippen LogP contribution is -2.39. The molecular formula is C21H32FIN6O. The zero-order valence-corrected chi connectivity index (χ0v) is 20.6. The average Bonchev–Trinajstić information content (AvgIpc) is 3.04. The van der Waals surface area contributed by atoms with Crippen LogP contribution in [0, 0.1) is 5.82 Å². The molecule has 2 rings (SSSR count). The summed E-state index contributed by atoms with van der Waals surface area (Å²) in [5, 5.41) is 10.5. The number of benzene rings is 1. The van der Waals surface area contributed by atoms with Crippen LogP contribution in [0.2, 0.25) is 0 Å². The summed E-state index contributed by atoms with van der Waals surface area (Å²) >= 11 is 0. The van der Waals surface area contributed by atoms with Gasteiger partial charge in [-0.1, -0.05) is 26.0 Å². The van der Waals surface area contributed by atoms with Crippen molar-refractivity contribution in [3.05, 3.63) is 53.1 Å². The molecule has 2 N–H and O–H groups in total. The number of nitrogens with one attached hydrogen (secondary N) is 2. The van der Waals surface area contributed by atoms with Crippen molar-refractivity contribution in [3.8, 4) is 0 Å². The molecular weight excluding hydrogens is 498 g/mol. The molecule has 0 aliphatic rings. The van der Waals surface area contributed by atoms with E-state index < -0.39 is 11.7 Å². The Labute approximate surface area is 195 Å². The van der Waals surface area contributed by atoms with E-state index in [2.05, 4.69) is 34.6 Å². The molecule has 30 heavy (non-hydrogen) atoms. The summed E-state index contributed by atoms with van der Waals surface area (Å²) in [6.07, 6.45) is 2.03. The molecule has 0 atom stereocenters. The molecule has 166 valence electrons.